The van der Waals surface area contributed by atoms with Gasteiger partial charge in [0.1, 0.15) is 24.1 Å². The van der Waals surface area contributed by atoms with E-state index in [9.17, 15) is 44.8 Å². The first-order valence-corrected chi connectivity index (χ1v) is 9.95. The highest BCUT2D eigenvalue weighted by molar-refractivity contribution is 6.03. The van der Waals surface area contributed by atoms with Crippen molar-refractivity contribution in [1.82, 2.24) is 14.8 Å². The first-order valence-electron chi connectivity index (χ1n) is 9.95. The minimum Gasteiger partial charge on any atom is -0.288 e. The fourth-order valence-corrected chi connectivity index (χ4v) is 3.94. The summed E-state index contributed by atoms with van der Waals surface area (Å²) >= 11 is 0. The van der Waals surface area contributed by atoms with E-state index in [1.807, 2.05) is 6.07 Å². The molecule has 0 aliphatic carbocycles. The molecular formula is C22H12F9N5. The molecule has 36 heavy (non-hydrogen) atoms. The number of aliphatic imine (C=N–C) groups is 1. The van der Waals surface area contributed by atoms with Gasteiger partial charge in [-0.25, -0.2) is 9.67 Å². The molecule has 0 amide bonds. The van der Waals surface area contributed by atoms with Crippen LogP contribution >= 0.6 is 0 Å². The summed E-state index contributed by atoms with van der Waals surface area (Å²) in [5.74, 6) is 0. The SMILES string of the molecule is N#Cc1cc(C2=NCC(c3cc(C(F)(F)F)cc(C(F)(F)F)c3)(C(F)(F)F)C2)ccc1-n1cncn1. The van der Waals surface area contributed by atoms with Crippen LogP contribution in [0.5, 0.6) is 0 Å². The number of rotatable bonds is 3. The van der Waals surface area contributed by atoms with E-state index in [4.69, 9.17) is 0 Å². The third-order valence-corrected chi connectivity index (χ3v) is 5.81. The van der Waals surface area contributed by atoms with Gasteiger partial charge in [0.05, 0.1) is 28.9 Å². The van der Waals surface area contributed by atoms with E-state index < -0.39 is 53.6 Å². The zero-order chi connectivity index (χ0) is 26.5. The van der Waals surface area contributed by atoms with Crippen LogP contribution in [0.2, 0.25) is 0 Å². The molecule has 0 spiro atoms. The lowest BCUT2D eigenvalue weighted by molar-refractivity contribution is -0.184. The Hall–Kier alpha value is -3.89. The second kappa shape index (κ2) is 8.35. The normalized spacial score (nSPS) is 18.7. The van der Waals surface area contributed by atoms with Gasteiger partial charge in [-0.05, 0) is 41.5 Å². The monoisotopic (exact) mass is 517 g/mol. The van der Waals surface area contributed by atoms with Crippen LogP contribution in [0, 0.1) is 11.3 Å². The summed E-state index contributed by atoms with van der Waals surface area (Å²) in [6.45, 7) is -1.13. The second-order valence-corrected chi connectivity index (χ2v) is 8.00. The molecule has 1 aromatic heterocycles. The van der Waals surface area contributed by atoms with Gasteiger partial charge in [-0.3, -0.25) is 4.99 Å². The van der Waals surface area contributed by atoms with E-state index in [1.165, 1.54) is 35.5 Å². The minimum atomic E-state index is -5.32. The largest absolute Gasteiger partial charge is 0.416 e. The number of aromatic nitrogens is 3. The molecule has 1 aliphatic heterocycles. The minimum absolute atomic E-state index is 0.0105. The van der Waals surface area contributed by atoms with Crippen molar-refractivity contribution in [3.63, 3.8) is 0 Å². The first-order chi connectivity index (χ1) is 16.7. The second-order valence-electron chi connectivity index (χ2n) is 8.00. The standard InChI is InChI=1S/C22H12F9N5/c23-20(24,25)15-4-14(5-16(6-15)21(26,27)28)19(22(29,30)31)7-17(34-9-19)12-1-2-18(13(3-12)8-32)36-11-33-10-35-36/h1-6,10-11H,7,9H2. The highest BCUT2D eigenvalue weighted by Crippen LogP contribution is 2.50. The molecule has 2 heterocycles. The van der Waals surface area contributed by atoms with Gasteiger partial charge in [0, 0.05) is 12.1 Å². The zero-order valence-electron chi connectivity index (χ0n) is 17.7. The molecule has 188 valence electrons. The number of nitrogens with zero attached hydrogens (tertiary/aromatic N) is 5. The molecule has 0 saturated carbocycles. The summed E-state index contributed by atoms with van der Waals surface area (Å²) in [6, 6.07) is 5.70. The number of nitriles is 1. The molecular weight excluding hydrogens is 505 g/mol. The highest BCUT2D eigenvalue weighted by atomic mass is 19.4. The third kappa shape index (κ3) is 4.40. The topological polar surface area (TPSA) is 66.9 Å². The molecule has 1 atom stereocenters. The lowest BCUT2D eigenvalue weighted by atomic mass is 9.75. The Bertz CT molecular complexity index is 1330. The van der Waals surface area contributed by atoms with Gasteiger partial charge in [0.2, 0.25) is 0 Å². The maximum Gasteiger partial charge on any atom is 0.416 e. The molecule has 3 aromatic rings. The van der Waals surface area contributed by atoms with Crippen molar-refractivity contribution in [3.8, 4) is 11.8 Å². The van der Waals surface area contributed by atoms with Crippen LogP contribution in [0.15, 0.2) is 54.0 Å². The van der Waals surface area contributed by atoms with Crippen LogP contribution in [0.3, 0.4) is 0 Å². The van der Waals surface area contributed by atoms with Gasteiger partial charge >= 0.3 is 18.5 Å². The summed E-state index contributed by atoms with van der Waals surface area (Å²) in [5.41, 5.74) is -7.96. The van der Waals surface area contributed by atoms with E-state index in [0.717, 1.165) is 0 Å². The molecule has 0 bridgehead atoms. The Morgan fingerprint density at radius 3 is 2.03 bits per heavy atom. The molecule has 2 aromatic carbocycles. The number of alkyl halides is 9. The molecule has 1 aliphatic rings. The molecule has 0 saturated heterocycles. The fraction of sp³-hybridized carbons (Fsp3) is 0.273. The van der Waals surface area contributed by atoms with Crippen LogP contribution < -0.4 is 0 Å². The van der Waals surface area contributed by atoms with Gasteiger partial charge in [0.15, 0.2) is 0 Å². The number of halogens is 9. The number of hydrogen-bond acceptors (Lipinski definition) is 4. The first kappa shape index (κ1) is 25.2. The Morgan fingerprint density at radius 1 is 0.889 bits per heavy atom. The zero-order valence-corrected chi connectivity index (χ0v) is 17.7. The quantitative estimate of drug-likeness (QED) is 0.409. The molecule has 0 radical (unpaired) electrons. The van der Waals surface area contributed by atoms with Gasteiger partial charge in [-0.2, -0.15) is 49.9 Å². The lowest BCUT2D eigenvalue weighted by Crippen LogP contribution is -2.44. The summed E-state index contributed by atoms with van der Waals surface area (Å²) in [4.78, 5) is 7.58. The number of hydrogen-bond donors (Lipinski definition) is 0. The lowest BCUT2D eigenvalue weighted by Gasteiger charge is -2.32. The molecule has 14 heteroatoms. The van der Waals surface area contributed by atoms with E-state index >= 15 is 0 Å². The van der Waals surface area contributed by atoms with Crippen LogP contribution in [0.1, 0.15) is 34.2 Å². The predicted octanol–water partition coefficient (Wildman–Crippen LogP) is 5.87. The predicted molar refractivity (Wildman–Crippen MR) is 106 cm³/mol. The van der Waals surface area contributed by atoms with E-state index in [1.54, 1.807) is 0 Å². The van der Waals surface area contributed by atoms with Crippen molar-refractivity contribution >= 4 is 5.71 Å². The average Bonchev–Trinajstić information content (AvgIpc) is 3.48. The van der Waals surface area contributed by atoms with E-state index in [-0.39, 0.29) is 40.7 Å². The summed E-state index contributed by atoms with van der Waals surface area (Å²) < 4.78 is 124. The van der Waals surface area contributed by atoms with Crippen molar-refractivity contribution in [2.24, 2.45) is 4.99 Å². The molecule has 4 rings (SSSR count). The maximum absolute atomic E-state index is 14.3. The molecule has 5 nitrogen and oxygen atoms in total. The average molecular weight is 517 g/mol. The van der Waals surface area contributed by atoms with Crippen molar-refractivity contribution in [3.05, 3.63) is 76.9 Å². The van der Waals surface area contributed by atoms with Crippen molar-refractivity contribution in [1.29, 1.82) is 5.26 Å². The smallest absolute Gasteiger partial charge is 0.288 e. The Labute approximate surface area is 196 Å². The van der Waals surface area contributed by atoms with Crippen LogP contribution in [-0.2, 0) is 17.8 Å². The number of benzene rings is 2. The molecule has 1 unspecified atom stereocenters. The van der Waals surface area contributed by atoms with Crippen LogP contribution in [-0.4, -0.2) is 33.2 Å². The Balaban J connectivity index is 1.80. The van der Waals surface area contributed by atoms with Crippen molar-refractivity contribution in [2.75, 3.05) is 6.54 Å². The Kier molecular flexibility index (Phi) is 5.85. The molecule has 0 N–H and O–H groups in total. The fourth-order valence-electron chi connectivity index (χ4n) is 3.94. The summed E-state index contributed by atoms with van der Waals surface area (Å²) in [5, 5.41) is 13.3. The highest BCUT2D eigenvalue weighted by Gasteiger charge is 2.59. The van der Waals surface area contributed by atoms with Gasteiger partial charge < -0.3 is 0 Å². The van der Waals surface area contributed by atoms with Crippen LogP contribution in [0.25, 0.3) is 5.69 Å². The van der Waals surface area contributed by atoms with Crippen molar-refractivity contribution < 1.29 is 39.5 Å². The van der Waals surface area contributed by atoms with Crippen LogP contribution in [0.4, 0.5) is 39.5 Å². The van der Waals surface area contributed by atoms with E-state index in [0.29, 0.717) is 0 Å². The van der Waals surface area contributed by atoms with E-state index in [2.05, 4.69) is 15.1 Å². The summed E-state index contributed by atoms with van der Waals surface area (Å²) in [6.07, 6.45) is -14.4. The summed E-state index contributed by atoms with van der Waals surface area (Å²) in [7, 11) is 0. The Morgan fingerprint density at radius 2 is 1.53 bits per heavy atom. The van der Waals surface area contributed by atoms with Crippen molar-refractivity contribution in [2.45, 2.75) is 30.4 Å². The third-order valence-electron chi connectivity index (χ3n) is 5.81. The molecule has 0 fully saturated rings. The van der Waals surface area contributed by atoms with Gasteiger partial charge in [-0.1, -0.05) is 6.07 Å². The van der Waals surface area contributed by atoms with Gasteiger partial charge in [0.25, 0.3) is 0 Å². The maximum atomic E-state index is 14.3. The van der Waals surface area contributed by atoms with Gasteiger partial charge in [-0.15, -0.1) is 0 Å².